The number of carbonyl (C=O) groups excluding carboxylic acids is 1. The fourth-order valence-corrected chi connectivity index (χ4v) is 1.90. The molecule has 17 heavy (non-hydrogen) atoms. The Balaban J connectivity index is 2.02. The minimum atomic E-state index is -0.482. The Kier molecular flexibility index (Phi) is 3.38. The third-order valence-corrected chi connectivity index (χ3v) is 2.88. The maximum atomic E-state index is 13.4. The lowest BCUT2D eigenvalue weighted by Gasteiger charge is -2.04. The van der Waals surface area contributed by atoms with Crippen LogP contribution in [0.1, 0.15) is 17.9 Å². The van der Waals surface area contributed by atoms with Crippen LogP contribution in [0.25, 0.3) is 0 Å². The fourth-order valence-electron chi connectivity index (χ4n) is 1.90. The van der Waals surface area contributed by atoms with Crippen LogP contribution in [0, 0.1) is 17.6 Å². The van der Waals surface area contributed by atoms with Crippen molar-refractivity contribution in [3.05, 3.63) is 35.4 Å². The summed E-state index contributed by atoms with van der Waals surface area (Å²) >= 11 is 0. The molecule has 0 aromatic heterocycles. The second kappa shape index (κ2) is 4.79. The largest absolute Gasteiger partial charge is 0.364 e. The standard InChI is InChI=1S/C12H13F2NO2/c1-17-6-15-12(16)10-5-8(10)9-4-7(13)2-3-11(9)14/h2-4,8,10H,5-6H2,1H3,(H,15,16). The molecule has 1 saturated carbocycles. The van der Waals surface area contributed by atoms with Gasteiger partial charge in [-0.2, -0.15) is 0 Å². The van der Waals surface area contributed by atoms with E-state index in [-0.39, 0.29) is 30.0 Å². The molecule has 1 aromatic carbocycles. The maximum absolute atomic E-state index is 13.4. The SMILES string of the molecule is COCNC(=O)C1CC1c1cc(F)ccc1F. The summed E-state index contributed by atoms with van der Waals surface area (Å²) in [4.78, 5) is 11.5. The molecule has 1 N–H and O–H groups in total. The lowest BCUT2D eigenvalue weighted by Crippen LogP contribution is -2.27. The van der Waals surface area contributed by atoms with Crippen molar-refractivity contribution in [1.82, 2.24) is 5.32 Å². The van der Waals surface area contributed by atoms with Gasteiger partial charge in [-0.3, -0.25) is 4.79 Å². The zero-order valence-electron chi connectivity index (χ0n) is 9.37. The summed E-state index contributed by atoms with van der Waals surface area (Å²) in [6.07, 6.45) is 0.552. The highest BCUT2D eigenvalue weighted by molar-refractivity contribution is 5.82. The molecule has 0 aliphatic heterocycles. The van der Waals surface area contributed by atoms with Gasteiger partial charge in [-0.25, -0.2) is 8.78 Å². The number of benzene rings is 1. The summed E-state index contributed by atoms with van der Waals surface area (Å²) in [7, 11) is 1.47. The normalized spacial score (nSPS) is 22.3. The third kappa shape index (κ3) is 2.61. The van der Waals surface area contributed by atoms with E-state index in [0.29, 0.717) is 6.42 Å². The highest BCUT2D eigenvalue weighted by atomic mass is 19.1. The van der Waals surface area contributed by atoms with E-state index >= 15 is 0 Å². The van der Waals surface area contributed by atoms with Gasteiger partial charge in [0.05, 0.1) is 0 Å². The molecular weight excluding hydrogens is 228 g/mol. The van der Waals surface area contributed by atoms with Gasteiger partial charge in [-0.1, -0.05) is 0 Å². The highest BCUT2D eigenvalue weighted by Crippen LogP contribution is 2.48. The van der Waals surface area contributed by atoms with Crippen LogP contribution in [0.4, 0.5) is 8.78 Å². The summed E-state index contributed by atoms with van der Waals surface area (Å²) in [5, 5.41) is 2.55. The van der Waals surface area contributed by atoms with E-state index in [1.54, 1.807) is 0 Å². The lowest BCUT2D eigenvalue weighted by molar-refractivity contribution is -0.123. The number of halogens is 2. The van der Waals surface area contributed by atoms with Crippen LogP contribution < -0.4 is 5.32 Å². The summed E-state index contributed by atoms with van der Waals surface area (Å²) < 4.78 is 31.1. The first-order valence-corrected chi connectivity index (χ1v) is 5.35. The summed E-state index contributed by atoms with van der Waals surface area (Å²) in [5.41, 5.74) is 0.280. The van der Waals surface area contributed by atoms with Gasteiger partial charge in [0.15, 0.2) is 0 Å². The lowest BCUT2D eigenvalue weighted by atomic mass is 10.1. The van der Waals surface area contributed by atoms with Gasteiger partial charge in [0.1, 0.15) is 18.4 Å². The highest BCUT2D eigenvalue weighted by Gasteiger charge is 2.45. The number of hydrogen-bond donors (Lipinski definition) is 1. The molecule has 1 amide bonds. The van der Waals surface area contributed by atoms with Crippen molar-refractivity contribution in [2.45, 2.75) is 12.3 Å². The summed E-state index contributed by atoms with van der Waals surface area (Å²) in [6.45, 7) is 0.133. The molecule has 0 bridgehead atoms. The van der Waals surface area contributed by atoms with Gasteiger partial charge in [-0.15, -0.1) is 0 Å². The minimum Gasteiger partial charge on any atom is -0.364 e. The molecule has 2 unspecified atom stereocenters. The van der Waals surface area contributed by atoms with Crippen LogP contribution in [0.15, 0.2) is 18.2 Å². The number of hydrogen-bond acceptors (Lipinski definition) is 2. The van der Waals surface area contributed by atoms with Crippen LogP contribution in [-0.4, -0.2) is 19.7 Å². The summed E-state index contributed by atoms with van der Waals surface area (Å²) in [6, 6.07) is 3.32. The van der Waals surface area contributed by atoms with Crippen LogP contribution in [-0.2, 0) is 9.53 Å². The number of nitrogens with one attached hydrogen (secondary N) is 1. The molecule has 1 aliphatic carbocycles. The third-order valence-electron chi connectivity index (χ3n) is 2.88. The molecule has 1 aliphatic rings. The van der Waals surface area contributed by atoms with Crippen LogP contribution in [0.3, 0.4) is 0 Å². The van der Waals surface area contributed by atoms with Crippen LogP contribution >= 0.6 is 0 Å². The predicted octanol–water partition coefficient (Wildman–Crippen LogP) is 1.79. The molecule has 2 atom stereocenters. The van der Waals surface area contributed by atoms with Crippen molar-refractivity contribution < 1.29 is 18.3 Å². The van der Waals surface area contributed by atoms with Crippen molar-refractivity contribution in [2.24, 2.45) is 5.92 Å². The van der Waals surface area contributed by atoms with Crippen molar-refractivity contribution >= 4 is 5.91 Å². The Labute approximate surface area is 97.8 Å². The number of carbonyl (C=O) groups is 1. The smallest absolute Gasteiger partial charge is 0.225 e. The minimum absolute atomic E-state index is 0.133. The zero-order chi connectivity index (χ0) is 12.4. The van der Waals surface area contributed by atoms with E-state index in [1.165, 1.54) is 7.11 Å². The summed E-state index contributed by atoms with van der Waals surface area (Å²) in [5.74, 6) is -1.62. The van der Waals surface area contributed by atoms with Gasteiger partial charge in [-0.05, 0) is 36.1 Å². The Morgan fingerprint density at radius 3 is 3.00 bits per heavy atom. The fraction of sp³-hybridized carbons (Fsp3) is 0.417. The van der Waals surface area contributed by atoms with E-state index in [4.69, 9.17) is 4.74 Å². The molecule has 0 saturated heterocycles. The average molecular weight is 241 g/mol. The molecule has 5 heteroatoms. The second-order valence-corrected chi connectivity index (χ2v) is 4.09. The Morgan fingerprint density at radius 2 is 2.29 bits per heavy atom. The van der Waals surface area contributed by atoms with Crippen molar-refractivity contribution in [1.29, 1.82) is 0 Å². The number of rotatable bonds is 4. The van der Waals surface area contributed by atoms with Crippen molar-refractivity contribution in [2.75, 3.05) is 13.8 Å². The average Bonchev–Trinajstić information content (AvgIpc) is 3.09. The molecule has 2 rings (SSSR count). The first-order valence-electron chi connectivity index (χ1n) is 5.35. The molecule has 3 nitrogen and oxygen atoms in total. The van der Waals surface area contributed by atoms with Gasteiger partial charge in [0.25, 0.3) is 0 Å². The van der Waals surface area contributed by atoms with E-state index in [1.807, 2.05) is 0 Å². The molecule has 0 spiro atoms. The van der Waals surface area contributed by atoms with Crippen LogP contribution in [0.2, 0.25) is 0 Å². The number of ether oxygens (including phenoxy) is 1. The first-order chi connectivity index (χ1) is 8.13. The molecule has 92 valence electrons. The number of amides is 1. The molecular formula is C12H13F2NO2. The van der Waals surface area contributed by atoms with Gasteiger partial charge in [0.2, 0.25) is 5.91 Å². The topological polar surface area (TPSA) is 38.3 Å². The Morgan fingerprint density at radius 1 is 1.53 bits per heavy atom. The maximum Gasteiger partial charge on any atom is 0.225 e. The Bertz CT molecular complexity index is 437. The number of methoxy groups -OCH3 is 1. The van der Waals surface area contributed by atoms with Gasteiger partial charge < -0.3 is 10.1 Å². The van der Waals surface area contributed by atoms with Gasteiger partial charge >= 0.3 is 0 Å². The van der Waals surface area contributed by atoms with Gasteiger partial charge in [0, 0.05) is 13.0 Å². The quantitative estimate of drug-likeness (QED) is 0.816. The van der Waals surface area contributed by atoms with Crippen LogP contribution in [0.5, 0.6) is 0 Å². The van der Waals surface area contributed by atoms with E-state index in [2.05, 4.69) is 5.32 Å². The van der Waals surface area contributed by atoms with E-state index < -0.39 is 11.6 Å². The zero-order valence-corrected chi connectivity index (χ0v) is 9.37. The molecule has 1 fully saturated rings. The van der Waals surface area contributed by atoms with Crippen molar-refractivity contribution in [3.8, 4) is 0 Å². The molecule has 0 radical (unpaired) electrons. The van der Waals surface area contributed by atoms with E-state index in [9.17, 15) is 13.6 Å². The first kappa shape index (κ1) is 12.0. The second-order valence-electron chi connectivity index (χ2n) is 4.09. The molecule has 0 heterocycles. The monoisotopic (exact) mass is 241 g/mol. The van der Waals surface area contributed by atoms with E-state index in [0.717, 1.165) is 18.2 Å². The Hall–Kier alpha value is -1.49. The predicted molar refractivity (Wildman–Crippen MR) is 57.2 cm³/mol. The molecule has 1 aromatic rings. The van der Waals surface area contributed by atoms with Crippen molar-refractivity contribution in [3.63, 3.8) is 0 Å².